The van der Waals surface area contributed by atoms with Crippen LogP contribution in [0, 0.1) is 0 Å². The molecule has 0 radical (unpaired) electrons. The van der Waals surface area contributed by atoms with Crippen molar-refractivity contribution >= 4 is 5.69 Å². The fourth-order valence-electron chi connectivity index (χ4n) is 3.32. The maximum atomic E-state index is 10.1. The summed E-state index contributed by atoms with van der Waals surface area (Å²) < 4.78 is 5.82. The van der Waals surface area contributed by atoms with E-state index in [4.69, 9.17) is 4.74 Å². The van der Waals surface area contributed by atoms with Crippen LogP contribution in [0.3, 0.4) is 0 Å². The summed E-state index contributed by atoms with van der Waals surface area (Å²) in [6.07, 6.45) is 3.10. The fraction of sp³-hybridized carbons (Fsp3) is 0.600. The molecule has 0 amide bonds. The van der Waals surface area contributed by atoms with Crippen molar-refractivity contribution in [2.75, 3.05) is 32.1 Å². The number of benzene rings is 1. The zero-order valence-electron chi connectivity index (χ0n) is 11.9. The van der Waals surface area contributed by atoms with Gasteiger partial charge in [0.1, 0.15) is 5.75 Å². The number of hydrogen-bond acceptors (Lipinski definition) is 4. The summed E-state index contributed by atoms with van der Waals surface area (Å²) in [5.74, 6) is 0.919. The number of hydroxylamine groups is 2. The Kier molecular flexibility index (Phi) is 2.95. The molecule has 1 aromatic rings. The second-order valence-corrected chi connectivity index (χ2v) is 5.87. The Hall–Kier alpha value is -1.26. The zero-order chi connectivity index (χ0) is 13.6. The highest BCUT2D eigenvalue weighted by Gasteiger charge is 2.40. The molecule has 0 saturated carbocycles. The lowest BCUT2D eigenvalue weighted by Gasteiger charge is -2.43. The van der Waals surface area contributed by atoms with Crippen molar-refractivity contribution in [3.8, 4) is 5.75 Å². The van der Waals surface area contributed by atoms with Crippen LogP contribution in [0.2, 0.25) is 0 Å². The summed E-state index contributed by atoms with van der Waals surface area (Å²) in [5, 5.41) is 11.5. The van der Waals surface area contributed by atoms with Crippen LogP contribution in [0.4, 0.5) is 5.69 Å². The Balaban J connectivity index is 2.24. The third-order valence-electron chi connectivity index (χ3n) is 4.64. The molecular weight excluding hydrogens is 240 g/mol. The third kappa shape index (κ3) is 1.82. The Morgan fingerprint density at radius 3 is 2.95 bits per heavy atom. The highest BCUT2D eigenvalue weighted by molar-refractivity contribution is 5.68. The van der Waals surface area contributed by atoms with E-state index in [2.05, 4.69) is 31.0 Å². The van der Waals surface area contributed by atoms with E-state index in [1.165, 1.54) is 22.7 Å². The zero-order valence-corrected chi connectivity index (χ0v) is 11.9. The average molecular weight is 262 g/mol. The Labute approximate surface area is 114 Å². The van der Waals surface area contributed by atoms with E-state index >= 15 is 0 Å². The van der Waals surface area contributed by atoms with Gasteiger partial charge in [0.25, 0.3) is 0 Å². The molecule has 2 aliphatic rings. The number of ether oxygens (including phenoxy) is 1. The molecule has 0 aliphatic carbocycles. The number of rotatable bonds is 1. The minimum absolute atomic E-state index is 0.371. The van der Waals surface area contributed by atoms with Gasteiger partial charge in [-0.15, -0.1) is 0 Å². The predicted octanol–water partition coefficient (Wildman–Crippen LogP) is 2.39. The summed E-state index contributed by atoms with van der Waals surface area (Å²) in [5.41, 5.74) is 3.39. The maximum Gasteiger partial charge on any atom is 0.126 e. The summed E-state index contributed by atoms with van der Waals surface area (Å²) in [6.45, 7) is 3.81. The summed E-state index contributed by atoms with van der Waals surface area (Å²) in [7, 11) is 3.86. The van der Waals surface area contributed by atoms with Gasteiger partial charge in [-0.05, 0) is 31.4 Å². The minimum Gasteiger partial charge on any atom is -0.493 e. The lowest BCUT2D eigenvalue weighted by Crippen LogP contribution is -2.44. The molecule has 4 heteroatoms. The largest absolute Gasteiger partial charge is 0.493 e. The van der Waals surface area contributed by atoms with Crippen molar-refractivity contribution in [3.63, 3.8) is 0 Å². The van der Waals surface area contributed by atoms with Gasteiger partial charge in [0.05, 0.1) is 12.1 Å². The molecule has 1 atom stereocenters. The number of aryl methyl sites for hydroxylation is 1. The number of fused-ring (bicyclic) bond motifs is 3. The van der Waals surface area contributed by atoms with Crippen molar-refractivity contribution in [2.24, 2.45) is 0 Å². The molecule has 1 unspecified atom stereocenters. The smallest absolute Gasteiger partial charge is 0.126 e. The van der Waals surface area contributed by atoms with E-state index in [1.807, 2.05) is 0 Å². The van der Waals surface area contributed by atoms with Gasteiger partial charge in [0.2, 0.25) is 0 Å². The predicted molar refractivity (Wildman–Crippen MR) is 75.0 cm³/mol. The van der Waals surface area contributed by atoms with Crippen LogP contribution in [0.15, 0.2) is 12.1 Å². The van der Waals surface area contributed by atoms with Crippen molar-refractivity contribution in [1.82, 2.24) is 5.06 Å². The molecule has 4 nitrogen and oxygen atoms in total. The first-order valence-electron chi connectivity index (χ1n) is 6.97. The molecule has 19 heavy (non-hydrogen) atoms. The van der Waals surface area contributed by atoms with Crippen molar-refractivity contribution in [2.45, 2.75) is 31.7 Å². The molecule has 1 N–H and O–H groups in total. The maximum absolute atomic E-state index is 10.1. The first kappa shape index (κ1) is 12.8. The van der Waals surface area contributed by atoms with Gasteiger partial charge in [0, 0.05) is 38.3 Å². The molecule has 104 valence electrons. The van der Waals surface area contributed by atoms with Gasteiger partial charge in [-0.25, -0.2) is 0 Å². The third-order valence-corrected chi connectivity index (χ3v) is 4.64. The van der Waals surface area contributed by atoms with E-state index < -0.39 is 0 Å². The SMILES string of the molecule is CN1CCCc2ccc3c(c21)C(C)(N(C)O)CCO3. The van der Waals surface area contributed by atoms with E-state index in [0.717, 1.165) is 30.7 Å². The van der Waals surface area contributed by atoms with Gasteiger partial charge in [0.15, 0.2) is 0 Å². The van der Waals surface area contributed by atoms with E-state index in [0.29, 0.717) is 6.61 Å². The Morgan fingerprint density at radius 1 is 1.42 bits per heavy atom. The fourth-order valence-corrected chi connectivity index (χ4v) is 3.32. The second kappa shape index (κ2) is 4.39. The first-order valence-corrected chi connectivity index (χ1v) is 6.97. The van der Waals surface area contributed by atoms with Crippen molar-refractivity contribution < 1.29 is 9.94 Å². The Morgan fingerprint density at radius 2 is 2.21 bits per heavy atom. The van der Waals surface area contributed by atoms with Gasteiger partial charge >= 0.3 is 0 Å². The van der Waals surface area contributed by atoms with Crippen LogP contribution in [-0.4, -0.2) is 37.5 Å². The topological polar surface area (TPSA) is 35.9 Å². The van der Waals surface area contributed by atoms with Crippen molar-refractivity contribution in [1.29, 1.82) is 0 Å². The standard InChI is InChI=1S/C15H22N2O2/c1-15(17(3)18)8-10-19-12-7-6-11-5-4-9-16(2)14(11)13(12)15/h6-7,18H,4-5,8-10H2,1-3H3. The van der Waals surface area contributed by atoms with Gasteiger partial charge in [-0.1, -0.05) is 6.07 Å². The monoisotopic (exact) mass is 262 g/mol. The van der Waals surface area contributed by atoms with Crippen LogP contribution in [-0.2, 0) is 12.0 Å². The first-order chi connectivity index (χ1) is 9.04. The molecule has 0 fully saturated rings. The highest BCUT2D eigenvalue weighted by atomic mass is 16.5. The van der Waals surface area contributed by atoms with Crippen LogP contribution in [0.25, 0.3) is 0 Å². The molecule has 2 aliphatic heterocycles. The average Bonchev–Trinajstić information content (AvgIpc) is 2.39. The normalized spacial score (nSPS) is 25.8. The molecule has 0 spiro atoms. The summed E-state index contributed by atoms with van der Waals surface area (Å²) in [4.78, 5) is 2.30. The molecule has 2 heterocycles. The molecule has 0 aromatic heterocycles. The lowest BCUT2D eigenvalue weighted by atomic mass is 9.82. The van der Waals surface area contributed by atoms with Crippen LogP contribution in [0.1, 0.15) is 30.9 Å². The minimum atomic E-state index is -0.371. The van der Waals surface area contributed by atoms with E-state index in [-0.39, 0.29) is 5.54 Å². The molecular formula is C15H22N2O2. The second-order valence-electron chi connectivity index (χ2n) is 5.87. The van der Waals surface area contributed by atoms with E-state index in [1.54, 1.807) is 7.05 Å². The van der Waals surface area contributed by atoms with Gasteiger partial charge in [-0.3, -0.25) is 0 Å². The summed E-state index contributed by atoms with van der Waals surface area (Å²) in [6, 6.07) is 4.24. The van der Waals surface area contributed by atoms with Crippen LogP contribution in [0.5, 0.6) is 5.75 Å². The van der Waals surface area contributed by atoms with Gasteiger partial charge < -0.3 is 14.8 Å². The Bertz CT molecular complexity index is 501. The van der Waals surface area contributed by atoms with Crippen LogP contribution >= 0.6 is 0 Å². The number of anilines is 1. The van der Waals surface area contributed by atoms with Crippen LogP contribution < -0.4 is 9.64 Å². The van der Waals surface area contributed by atoms with Gasteiger partial charge in [-0.2, -0.15) is 5.06 Å². The highest BCUT2D eigenvalue weighted by Crippen LogP contribution is 2.47. The molecule has 0 saturated heterocycles. The van der Waals surface area contributed by atoms with E-state index in [9.17, 15) is 5.21 Å². The molecule has 1 aromatic carbocycles. The lowest BCUT2D eigenvalue weighted by molar-refractivity contribution is -0.160. The quantitative estimate of drug-likeness (QED) is 0.788. The summed E-state index contributed by atoms with van der Waals surface area (Å²) >= 11 is 0. The number of hydrogen-bond donors (Lipinski definition) is 1. The van der Waals surface area contributed by atoms with Crippen molar-refractivity contribution in [3.05, 3.63) is 23.3 Å². The number of nitrogens with zero attached hydrogens (tertiary/aromatic N) is 2. The molecule has 0 bridgehead atoms. The molecule has 3 rings (SSSR count).